The maximum absolute atomic E-state index is 11.6. The molecule has 1 aliphatic rings. The molecule has 0 bridgehead atoms. The number of ether oxygens (including phenoxy) is 2. The number of esters is 1. The van der Waals surface area contributed by atoms with Gasteiger partial charge in [-0.1, -0.05) is 0 Å². The van der Waals surface area contributed by atoms with Crippen molar-refractivity contribution in [1.82, 2.24) is 10.6 Å². The van der Waals surface area contributed by atoms with Crippen molar-refractivity contribution < 1.29 is 19.1 Å². The van der Waals surface area contributed by atoms with Gasteiger partial charge in [-0.2, -0.15) is 0 Å². The molecule has 1 rings (SSSR count). The first kappa shape index (κ1) is 17.8. The van der Waals surface area contributed by atoms with Crippen LogP contribution in [0, 0.1) is 0 Å². The number of nitrogens with one attached hydrogen (secondary N) is 2. The van der Waals surface area contributed by atoms with Crippen LogP contribution in [0.25, 0.3) is 0 Å². The van der Waals surface area contributed by atoms with Crippen molar-refractivity contribution in [3.63, 3.8) is 0 Å². The highest BCUT2D eigenvalue weighted by atomic mass is 16.6. The van der Waals surface area contributed by atoms with E-state index < -0.39 is 17.3 Å². The van der Waals surface area contributed by atoms with Gasteiger partial charge in [0, 0.05) is 12.1 Å². The quantitative estimate of drug-likeness (QED) is 0.776. The summed E-state index contributed by atoms with van der Waals surface area (Å²) >= 11 is 0. The van der Waals surface area contributed by atoms with E-state index >= 15 is 0 Å². The Balaban J connectivity index is 2.14. The Labute approximate surface area is 126 Å². The molecule has 0 aromatic heterocycles. The summed E-state index contributed by atoms with van der Waals surface area (Å²) in [7, 11) is 0. The second kappa shape index (κ2) is 6.64. The largest absolute Gasteiger partial charge is 0.459 e. The molecule has 0 radical (unpaired) electrons. The van der Waals surface area contributed by atoms with E-state index in [0.29, 0.717) is 0 Å². The van der Waals surface area contributed by atoms with E-state index in [1.165, 1.54) is 0 Å². The molecule has 6 heteroatoms. The van der Waals surface area contributed by atoms with Crippen molar-refractivity contribution in [1.29, 1.82) is 0 Å². The molecule has 0 aromatic carbocycles. The van der Waals surface area contributed by atoms with Gasteiger partial charge in [0.15, 0.2) is 0 Å². The fourth-order valence-electron chi connectivity index (χ4n) is 1.98. The third kappa shape index (κ3) is 7.90. The zero-order valence-corrected chi connectivity index (χ0v) is 13.9. The Morgan fingerprint density at radius 2 is 1.48 bits per heavy atom. The summed E-state index contributed by atoms with van der Waals surface area (Å²) in [4.78, 5) is 23.1. The summed E-state index contributed by atoms with van der Waals surface area (Å²) < 4.78 is 10.4. The van der Waals surface area contributed by atoms with Crippen LogP contribution in [0.1, 0.15) is 54.4 Å². The van der Waals surface area contributed by atoms with Gasteiger partial charge in [-0.15, -0.1) is 0 Å². The summed E-state index contributed by atoms with van der Waals surface area (Å²) in [5.41, 5.74) is -0.943. The first-order valence-corrected chi connectivity index (χ1v) is 7.39. The van der Waals surface area contributed by atoms with Crippen molar-refractivity contribution in [3.05, 3.63) is 0 Å². The lowest BCUT2D eigenvalue weighted by atomic mass is 9.87. The molecule has 1 amide bonds. The van der Waals surface area contributed by atoms with Crippen LogP contribution in [0.5, 0.6) is 0 Å². The molecule has 2 N–H and O–H groups in total. The molecule has 21 heavy (non-hydrogen) atoms. The third-order valence-corrected chi connectivity index (χ3v) is 2.81. The monoisotopic (exact) mass is 300 g/mol. The van der Waals surface area contributed by atoms with Gasteiger partial charge in [-0.3, -0.25) is 4.79 Å². The highest BCUT2D eigenvalue weighted by molar-refractivity contribution is 5.72. The Kier molecular flexibility index (Phi) is 5.61. The molecule has 0 unspecified atom stereocenters. The van der Waals surface area contributed by atoms with Crippen molar-refractivity contribution >= 4 is 12.1 Å². The summed E-state index contributed by atoms with van der Waals surface area (Å²) in [6.07, 6.45) is 1.20. The molecule has 6 nitrogen and oxygen atoms in total. The van der Waals surface area contributed by atoms with Gasteiger partial charge in [0.2, 0.25) is 0 Å². The van der Waals surface area contributed by atoms with Crippen molar-refractivity contribution in [2.24, 2.45) is 0 Å². The summed E-state index contributed by atoms with van der Waals surface area (Å²) in [6.45, 7) is 11.2. The molecule has 0 heterocycles. The van der Waals surface area contributed by atoms with Crippen molar-refractivity contribution in [3.8, 4) is 0 Å². The standard InChI is InChI=1S/C15H28N2O4/c1-14(2,3)20-12(18)9-16-10-7-11(8-10)17-13(19)21-15(4,5)6/h10-11,16H,7-9H2,1-6H3,(H,17,19). The predicted octanol–water partition coefficient (Wildman–Crippen LogP) is 1.97. The first-order valence-electron chi connectivity index (χ1n) is 7.39. The second-order valence-corrected chi connectivity index (χ2v) is 7.48. The van der Waals surface area contributed by atoms with E-state index in [9.17, 15) is 9.59 Å². The van der Waals surface area contributed by atoms with Crippen molar-refractivity contribution in [2.45, 2.75) is 77.7 Å². The zero-order chi connectivity index (χ0) is 16.3. The minimum Gasteiger partial charge on any atom is -0.459 e. The van der Waals surface area contributed by atoms with E-state index in [-0.39, 0.29) is 24.6 Å². The molecule has 122 valence electrons. The molecular weight excluding hydrogens is 272 g/mol. The number of amides is 1. The molecule has 1 saturated carbocycles. The zero-order valence-electron chi connectivity index (χ0n) is 13.9. The van der Waals surface area contributed by atoms with E-state index in [0.717, 1.165) is 12.8 Å². The molecule has 0 aliphatic heterocycles. The number of carbonyl (C=O) groups is 2. The van der Waals surface area contributed by atoms with Crippen LogP contribution in [0.3, 0.4) is 0 Å². The lowest BCUT2D eigenvalue weighted by molar-refractivity contribution is -0.153. The predicted molar refractivity (Wildman–Crippen MR) is 80.0 cm³/mol. The van der Waals surface area contributed by atoms with Gasteiger partial charge in [0.1, 0.15) is 11.2 Å². The van der Waals surface area contributed by atoms with Crippen LogP contribution in [-0.2, 0) is 14.3 Å². The van der Waals surface area contributed by atoms with Crippen LogP contribution < -0.4 is 10.6 Å². The molecule has 0 spiro atoms. The first-order chi connectivity index (χ1) is 9.44. The molecule has 0 saturated heterocycles. The Hall–Kier alpha value is -1.30. The van der Waals surface area contributed by atoms with E-state index in [4.69, 9.17) is 9.47 Å². The number of alkyl carbamates (subject to hydrolysis) is 1. The molecular formula is C15H28N2O4. The highest BCUT2D eigenvalue weighted by Crippen LogP contribution is 2.20. The Morgan fingerprint density at radius 1 is 0.952 bits per heavy atom. The van der Waals surface area contributed by atoms with Crippen LogP contribution >= 0.6 is 0 Å². The van der Waals surface area contributed by atoms with E-state index in [1.54, 1.807) is 0 Å². The molecule has 0 aromatic rings. The minimum atomic E-state index is -0.484. The minimum absolute atomic E-state index is 0.107. The number of hydrogen-bond acceptors (Lipinski definition) is 5. The fourth-order valence-corrected chi connectivity index (χ4v) is 1.98. The fraction of sp³-hybridized carbons (Fsp3) is 0.867. The van der Waals surface area contributed by atoms with Gasteiger partial charge < -0.3 is 20.1 Å². The average Bonchev–Trinajstić information content (AvgIpc) is 2.15. The van der Waals surface area contributed by atoms with E-state index in [2.05, 4.69) is 10.6 Å². The lowest BCUT2D eigenvalue weighted by Crippen LogP contribution is -2.54. The number of rotatable bonds is 4. The molecule has 1 fully saturated rings. The maximum atomic E-state index is 11.6. The Bertz CT molecular complexity index is 376. The summed E-state index contributed by atoms with van der Waals surface area (Å²) in [5.74, 6) is -0.258. The smallest absolute Gasteiger partial charge is 0.407 e. The maximum Gasteiger partial charge on any atom is 0.407 e. The van der Waals surface area contributed by atoms with Crippen LogP contribution in [-0.4, -0.2) is 41.9 Å². The molecule has 0 atom stereocenters. The number of hydrogen-bond donors (Lipinski definition) is 2. The lowest BCUT2D eigenvalue weighted by Gasteiger charge is -2.36. The summed E-state index contributed by atoms with van der Waals surface area (Å²) in [5, 5.41) is 5.94. The van der Waals surface area contributed by atoms with Crippen LogP contribution in [0.2, 0.25) is 0 Å². The molecule has 1 aliphatic carbocycles. The summed E-state index contributed by atoms with van der Waals surface area (Å²) in [6, 6.07) is 0.341. The number of carbonyl (C=O) groups excluding carboxylic acids is 2. The highest BCUT2D eigenvalue weighted by Gasteiger charge is 2.32. The van der Waals surface area contributed by atoms with Crippen LogP contribution in [0.15, 0.2) is 0 Å². The van der Waals surface area contributed by atoms with Gasteiger partial charge in [-0.05, 0) is 54.4 Å². The van der Waals surface area contributed by atoms with Gasteiger partial charge in [-0.25, -0.2) is 4.79 Å². The SMILES string of the molecule is CC(C)(C)OC(=O)CNC1CC(NC(=O)OC(C)(C)C)C1. The normalized spacial score (nSPS) is 22.2. The second-order valence-electron chi connectivity index (χ2n) is 7.48. The average molecular weight is 300 g/mol. The van der Waals surface area contributed by atoms with Gasteiger partial charge in [0.25, 0.3) is 0 Å². The Morgan fingerprint density at radius 3 is 1.95 bits per heavy atom. The topological polar surface area (TPSA) is 76.7 Å². The third-order valence-electron chi connectivity index (χ3n) is 2.81. The van der Waals surface area contributed by atoms with Gasteiger partial charge >= 0.3 is 12.1 Å². The van der Waals surface area contributed by atoms with Crippen molar-refractivity contribution in [2.75, 3.05) is 6.54 Å². The van der Waals surface area contributed by atoms with Crippen LogP contribution in [0.4, 0.5) is 4.79 Å². The van der Waals surface area contributed by atoms with Gasteiger partial charge in [0.05, 0.1) is 6.54 Å². The van der Waals surface area contributed by atoms with E-state index in [1.807, 2.05) is 41.5 Å².